The fourth-order valence-corrected chi connectivity index (χ4v) is 5.67. The average Bonchev–Trinajstić information content (AvgIpc) is 3.23. The number of phosphoric ester groups is 1. The molecule has 60 heavy (non-hydrogen) atoms. The van der Waals surface area contributed by atoms with Crippen LogP contribution in [0.25, 0.3) is 0 Å². The van der Waals surface area contributed by atoms with Crippen molar-refractivity contribution in [2.75, 3.05) is 26.4 Å². The minimum atomic E-state index is -4.67. The topological polar surface area (TPSA) is 169 Å². The van der Waals surface area contributed by atoms with E-state index in [0.717, 1.165) is 77.0 Å². The van der Waals surface area contributed by atoms with Crippen molar-refractivity contribution in [3.05, 3.63) is 122 Å². The number of aliphatic hydroxyl groups is 3. The Bertz CT molecular complexity index is 1420. The normalized spacial score (nSPS) is 15.5. The van der Waals surface area contributed by atoms with Gasteiger partial charge in [-0.3, -0.25) is 18.6 Å². The number of hydrogen-bond acceptors (Lipinski definition) is 10. The highest BCUT2D eigenvalue weighted by molar-refractivity contribution is 7.47. The molecule has 0 saturated heterocycles. The summed E-state index contributed by atoms with van der Waals surface area (Å²) in [5.41, 5.74) is 0. The lowest BCUT2D eigenvalue weighted by Crippen LogP contribution is -2.29. The van der Waals surface area contributed by atoms with Gasteiger partial charge in [-0.15, -0.1) is 0 Å². The molecule has 0 aromatic rings. The number of esters is 2. The van der Waals surface area contributed by atoms with Crippen molar-refractivity contribution in [3.63, 3.8) is 0 Å². The second-order valence-electron chi connectivity index (χ2n) is 13.8. The molecule has 0 aromatic carbocycles. The van der Waals surface area contributed by atoms with Gasteiger partial charge in [0.15, 0.2) is 6.10 Å². The van der Waals surface area contributed by atoms with Crippen molar-refractivity contribution in [2.24, 2.45) is 0 Å². The van der Waals surface area contributed by atoms with E-state index in [1.54, 1.807) is 0 Å². The number of allylic oxidation sites excluding steroid dienone is 19. The highest BCUT2D eigenvalue weighted by Gasteiger charge is 2.27. The van der Waals surface area contributed by atoms with Gasteiger partial charge in [0, 0.05) is 12.8 Å². The van der Waals surface area contributed by atoms with Crippen LogP contribution in [0, 0.1) is 0 Å². The molecule has 11 nitrogen and oxygen atoms in total. The summed E-state index contributed by atoms with van der Waals surface area (Å²) in [6, 6.07) is 0. The van der Waals surface area contributed by atoms with Crippen LogP contribution >= 0.6 is 7.82 Å². The van der Waals surface area contributed by atoms with Crippen LogP contribution in [-0.4, -0.2) is 76.9 Å². The summed E-state index contributed by atoms with van der Waals surface area (Å²) >= 11 is 0. The molecule has 0 radical (unpaired) electrons. The maximum absolute atomic E-state index is 12.6. The Morgan fingerprint density at radius 2 is 1.10 bits per heavy atom. The van der Waals surface area contributed by atoms with Gasteiger partial charge < -0.3 is 29.7 Å². The highest BCUT2D eigenvalue weighted by atomic mass is 31.2. The van der Waals surface area contributed by atoms with Gasteiger partial charge >= 0.3 is 19.8 Å². The molecule has 4 atom stereocenters. The van der Waals surface area contributed by atoms with E-state index in [2.05, 4.69) is 85.2 Å². The quantitative estimate of drug-likeness (QED) is 0.0153. The van der Waals surface area contributed by atoms with Crippen LogP contribution in [-0.2, 0) is 32.7 Å². The Hall–Kier alpha value is -3.67. The minimum Gasteiger partial charge on any atom is -0.462 e. The molecule has 1 unspecified atom stereocenters. The molecule has 338 valence electrons. The Kier molecular flexibility index (Phi) is 39.5. The van der Waals surface area contributed by atoms with Gasteiger partial charge in [0.05, 0.1) is 25.9 Å². The van der Waals surface area contributed by atoms with Gasteiger partial charge in [-0.1, -0.05) is 155 Å². The summed E-state index contributed by atoms with van der Waals surface area (Å²) in [6.45, 7) is 1.94. The van der Waals surface area contributed by atoms with Crippen molar-refractivity contribution in [1.29, 1.82) is 0 Å². The van der Waals surface area contributed by atoms with E-state index >= 15 is 0 Å². The van der Waals surface area contributed by atoms with E-state index < -0.39 is 64.5 Å². The smallest absolute Gasteiger partial charge is 0.462 e. The van der Waals surface area contributed by atoms with Crippen LogP contribution < -0.4 is 0 Å². The zero-order valence-electron chi connectivity index (χ0n) is 36.2. The van der Waals surface area contributed by atoms with E-state index in [1.807, 2.05) is 54.7 Å². The van der Waals surface area contributed by atoms with Gasteiger partial charge in [0.25, 0.3) is 0 Å². The standard InChI is InChI=1S/C48H75O11P/c1-3-5-7-8-9-10-11-12-13-14-15-16-17-18-21-24-27-30-34-38-47(52)56-42-46(43-58-60(54,55)57-41-45(51)40-49)59-48(53)39-35-31-28-25-22-19-20-23-26-29-33-37-44(50)36-32-6-4-2/h5,7,9-10,12-13,15-16,18-21,25-30,33,37,44-46,49-51H,3-4,6,8,11,14,17,22-24,31-32,34-36,38-43H2,1-2H3,(H,54,55)/b7-5-,10-9-,13-12-,16-15-,20-19-,21-18-,28-25-,29-26-,30-27-,37-33+/t44-,45-,46+/m0/s1. The number of phosphoric acid groups is 1. The minimum absolute atomic E-state index is 0.0644. The van der Waals surface area contributed by atoms with Crippen LogP contribution in [0.1, 0.15) is 123 Å². The van der Waals surface area contributed by atoms with Crippen LogP contribution in [0.15, 0.2) is 122 Å². The second kappa shape index (κ2) is 42.0. The van der Waals surface area contributed by atoms with Crippen LogP contribution in [0.4, 0.5) is 0 Å². The molecule has 0 spiro atoms. The predicted octanol–water partition coefficient (Wildman–Crippen LogP) is 10.5. The molecule has 12 heteroatoms. The lowest BCUT2D eigenvalue weighted by atomic mass is 10.1. The maximum atomic E-state index is 12.6. The van der Waals surface area contributed by atoms with Crippen LogP contribution in [0.2, 0.25) is 0 Å². The molecule has 0 aromatic heterocycles. The molecular formula is C48H75O11P. The van der Waals surface area contributed by atoms with E-state index in [1.165, 1.54) is 0 Å². The summed E-state index contributed by atoms with van der Waals surface area (Å²) in [4.78, 5) is 34.9. The fourth-order valence-electron chi connectivity index (χ4n) is 4.88. The molecule has 0 amide bonds. The molecule has 0 saturated carbocycles. The first-order chi connectivity index (χ1) is 29.1. The Morgan fingerprint density at radius 1 is 0.583 bits per heavy atom. The van der Waals surface area contributed by atoms with Gasteiger partial charge in [0.2, 0.25) is 0 Å². The Balaban J connectivity index is 4.58. The molecule has 0 aliphatic carbocycles. The largest absolute Gasteiger partial charge is 0.472 e. The molecule has 0 aliphatic rings. The first kappa shape index (κ1) is 56.3. The molecular weight excluding hydrogens is 783 g/mol. The third-order valence-corrected chi connectivity index (χ3v) is 9.17. The third-order valence-electron chi connectivity index (χ3n) is 8.22. The Morgan fingerprint density at radius 3 is 1.65 bits per heavy atom. The van der Waals surface area contributed by atoms with E-state index in [0.29, 0.717) is 19.3 Å². The van der Waals surface area contributed by atoms with Crippen LogP contribution in [0.3, 0.4) is 0 Å². The van der Waals surface area contributed by atoms with Gasteiger partial charge in [-0.05, 0) is 77.0 Å². The van der Waals surface area contributed by atoms with Gasteiger partial charge in [-0.2, -0.15) is 0 Å². The van der Waals surface area contributed by atoms with Crippen molar-refractivity contribution in [3.8, 4) is 0 Å². The number of carbonyl (C=O) groups excluding carboxylic acids is 2. The number of carbonyl (C=O) groups is 2. The maximum Gasteiger partial charge on any atom is 0.472 e. The molecule has 0 bridgehead atoms. The van der Waals surface area contributed by atoms with Gasteiger partial charge in [0.1, 0.15) is 12.7 Å². The van der Waals surface area contributed by atoms with Gasteiger partial charge in [-0.25, -0.2) is 4.57 Å². The van der Waals surface area contributed by atoms with Crippen molar-refractivity contribution in [2.45, 2.75) is 141 Å². The summed E-state index contributed by atoms with van der Waals surface area (Å²) in [5.74, 6) is -1.13. The van der Waals surface area contributed by atoms with Crippen molar-refractivity contribution in [1.82, 2.24) is 0 Å². The van der Waals surface area contributed by atoms with E-state index in [4.69, 9.17) is 19.1 Å². The Labute approximate surface area is 360 Å². The first-order valence-corrected chi connectivity index (χ1v) is 23.1. The molecule has 4 N–H and O–H groups in total. The number of unbranched alkanes of at least 4 members (excludes halogenated alkanes) is 3. The summed E-state index contributed by atoms with van der Waals surface area (Å²) in [5, 5.41) is 28.2. The van der Waals surface area contributed by atoms with E-state index in [-0.39, 0.29) is 12.8 Å². The SMILES string of the molecule is CC/C=C\C/C=C\C/C=C\C/C=C\C/C=C\C/C=C\CCC(=O)OC[C@H](COP(=O)(O)OC[C@@H](O)CO)OC(=O)CCC/C=C\C/C=C\C/C=C\C=C\[C@@H](O)CCCCC. The molecule has 0 fully saturated rings. The lowest BCUT2D eigenvalue weighted by molar-refractivity contribution is -0.161. The summed E-state index contributed by atoms with van der Waals surface area (Å²) in [7, 11) is -4.67. The number of aliphatic hydroxyl groups excluding tert-OH is 3. The summed E-state index contributed by atoms with van der Waals surface area (Å²) in [6.07, 6.45) is 50.8. The number of ether oxygens (including phenoxy) is 2. The average molecular weight is 859 g/mol. The predicted molar refractivity (Wildman–Crippen MR) is 243 cm³/mol. The highest BCUT2D eigenvalue weighted by Crippen LogP contribution is 2.43. The molecule has 0 aliphatic heterocycles. The molecule has 0 rings (SSSR count). The third kappa shape index (κ3) is 41.1. The van der Waals surface area contributed by atoms with Crippen molar-refractivity contribution >= 4 is 19.8 Å². The number of hydrogen-bond donors (Lipinski definition) is 4. The van der Waals surface area contributed by atoms with Crippen molar-refractivity contribution < 1.29 is 52.9 Å². The molecule has 0 heterocycles. The van der Waals surface area contributed by atoms with E-state index in [9.17, 15) is 29.3 Å². The zero-order chi connectivity index (χ0) is 44.2. The van der Waals surface area contributed by atoms with Crippen LogP contribution in [0.5, 0.6) is 0 Å². The lowest BCUT2D eigenvalue weighted by Gasteiger charge is -2.20. The second-order valence-corrected chi connectivity index (χ2v) is 15.3. The summed E-state index contributed by atoms with van der Waals surface area (Å²) < 4.78 is 32.5. The zero-order valence-corrected chi connectivity index (χ0v) is 37.1. The monoisotopic (exact) mass is 859 g/mol. The number of rotatable bonds is 38. The fraction of sp³-hybridized carbons (Fsp3) is 0.542. The first-order valence-electron chi connectivity index (χ1n) is 21.6.